The lowest BCUT2D eigenvalue weighted by Gasteiger charge is -2.26. The number of carbonyl (C=O) groups is 1. The summed E-state index contributed by atoms with van der Waals surface area (Å²) in [5.74, 6) is 0.433. The molecule has 1 aromatic carbocycles. The zero-order chi connectivity index (χ0) is 15.6. The van der Waals surface area contributed by atoms with Crippen LogP contribution < -0.4 is 0 Å². The van der Waals surface area contributed by atoms with E-state index in [9.17, 15) is 4.79 Å². The van der Waals surface area contributed by atoms with Gasteiger partial charge in [-0.05, 0) is 43.5 Å². The largest absolute Gasteiger partial charge is 0.435 e. The van der Waals surface area contributed by atoms with Crippen molar-refractivity contribution in [1.82, 2.24) is 14.9 Å². The van der Waals surface area contributed by atoms with Gasteiger partial charge in [0.2, 0.25) is 5.89 Å². The van der Waals surface area contributed by atoms with Gasteiger partial charge in [-0.25, -0.2) is 9.97 Å². The van der Waals surface area contributed by atoms with Crippen LogP contribution >= 0.6 is 0 Å². The fourth-order valence-electron chi connectivity index (χ4n) is 2.91. The molecule has 0 aliphatic carbocycles. The van der Waals surface area contributed by atoms with Crippen molar-refractivity contribution in [3.8, 4) is 11.6 Å². The molecule has 1 fully saturated rings. The van der Waals surface area contributed by atoms with Crippen LogP contribution in [-0.4, -0.2) is 33.9 Å². The summed E-state index contributed by atoms with van der Waals surface area (Å²) in [5.41, 5.74) is 2.55. The monoisotopic (exact) mass is 307 g/mol. The van der Waals surface area contributed by atoms with Crippen LogP contribution in [0.25, 0.3) is 22.7 Å². The van der Waals surface area contributed by atoms with Crippen LogP contribution in [0.1, 0.15) is 29.8 Å². The number of carbonyl (C=O) groups excluding carboxylic acids is 1. The Labute approximate surface area is 134 Å². The number of pyridine rings is 1. The van der Waals surface area contributed by atoms with Crippen molar-refractivity contribution < 1.29 is 9.21 Å². The van der Waals surface area contributed by atoms with E-state index in [2.05, 4.69) is 9.97 Å². The fraction of sp³-hybridized carbons (Fsp3) is 0.278. The molecule has 1 saturated heterocycles. The molecular weight excluding hydrogens is 290 g/mol. The minimum Gasteiger partial charge on any atom is -0.435 e. The van der Waals surface area contributed by atoms with E-state index in [1.807, 2.05) is 41.3 Å². The Morgan fingerprint density at radius 3 is 2.61 bits per heavy atom. The molecule has 0 N–H and O–H groups in total. The summed E-state index contributed by atoms with van der Waals surface area (Å²) < 4.78 is 5.74. The predicted octanol–water partition coefficient (Wildman–Crippen LogP) is 3.52. The fourth-order valence-corrected chi connectivity index (χ4v) is 2.91. The van der Waals surface area contributed by atoms with E-state index in [0.29, 0.717) is 17.3 Å². The second-order valence-electron chi connectivity index (χ2n) is 5.75. The topological polar surface area (TPSA) is 59.2 Å². The summed E-state index contributed by atoms with van der Waals surface area (Å²) in [5, 5.41) is 0. The zero-order valence-corrected chi connectivity index (χ0v) is 12.7. The Kier molecular flexibility index (Phi) is 3.54. The highest BCUT2D eigenvalue weighted by molar-refractivity contribution is 5.92. The number of para-hydroxylation sites is 2. The van der Waals surface area contributed by atoms with E-state index in [4.69, 9.17) is 4.42 Å². The molecule has 0 spiro atoms. The van der Waals surface area contributed by atoms with Gasteiger partial charge in [0.25, 0.3) is 5.91 Å². The molecule has 23 heavy (non-hydrogen) atoms. The van der Waals surface area contributed by atoms with E-state index in [1.165, 1.54) is 6.42 Å². The van der Waals surface area contributed by atoms with Gasteiger partial charge in [-0.3, -0.25) is 4.79 Å². The third kappa shape index (κ3) is 2.70. The molecular formula is C18H17N3O2. The Morgan fingerprint density at radius 1 is 0.957 bits per heavy atom. The highest BCUT2D eigenvalue weighted by Gasteiger charge is 2.20. The molecule has 0 bridgehead atoms. The first kappa shape index (κ1) is 13.9. The number of rotatable bonds is 2. The molecule has 116 valence electrons. The number of piperidine rings is 1. The summed E-state index contributed by atoms with van der Waals surface area (Å²) in [6, 6.07) is 13.0. The van der Waals surface area contributed by atoms with Crippen molar-refractivity contribution in [2.24, 2.45) is 0 Å². The van der Waals surface area contributed by atoms with Crippen LogP contribution in [0.2, 0.25) is 0 Å². The third-order valence-corrected chi connectivity index (χ3v) is 4.12. The molecule has 5 heteroatoms. The molecule has 3 heterocycles. The number of oxazole rings is 1. The van der Waals surface area contributed by atoms with Gasteiger partial charge >= 0.3 is 0 Å². The maximum Gasteiger partial charge on any atom is 0.272 e. The number of amides is 1. The van der Waals surface area contributed by atoms with Gasteiger partial charge in [-0.1, -0.05) is 18.2 Å². The maximum absolute atomic E-state index is 12.6. The summed E-state index contributed by atoms with van der Waals surface area (Å²) in [7, 11) is 0. The number of likely N-dealkylation sites (tertiary alicyclic amines) is 1. The van der Waals surface area contributed by atoms with E-state index < -0.39 is 0 Å². The number of fused-ring (bicyclic) bond motifs is 1. The van der Waals surface area contributed by atoms with E-state index >= 15 is 0 Å². The van der Waals surface area contributed by atoms with Crippen molar-refractivity contribution in [3.05, 3.63) is 48.2 Å². The normalized spacial score (nSPS) is 15.0. The van der Waals surface area contributed by atoms with Crippen molar-refractivity contribution in [3.63, 3.8) is 0 Å². The SMILES string of the molecule is O=C(c1cccc(-c2nc3ccccc3o2)n1)N1CCCCC1. The highest BCUT2D eigenvalue weighted by Crippen LogP contribution is 2.23. The van der Waals surface area contributed by atoms with Gasteiger partial charge in [0.1, 0.15) is 16.9 Å². The van der Waals surface area contributed by atoms with Crippen LogP contribution in [0.15, 0.2) is 46.9 Å². The van der Waals surface area contributed by atoms with Crippen molar-refractivity contribution in [2.45, 2.75) is 19.3 Å². The molecule has 0 saturated carbocycles. The first-order chi connectivity index (χ1) is 11.3. The van der Waals surface area contributed by atoms with Gasteiger partial charge in [0.15, 0.2) is 5.58 Å². The smallest absolute Gasteiger partial charge is 0.272 e. The van der Waals surface area contributed by atoms with Gasteiger partial charge in [0, 0.05) is 13.1 Å². The van der Waals surface area contributed by atoms with Crippen LogP contribution in [0.4, 0.5) is 0 Å². The molecule has 3 aromatic rings. The summed E-state index contributed by atoms with van der Waals surface area (Å²) in [6.07, 6.45) is 3.33. The quantitative estimate of drug-likeness (QED) is 0.727. The lowest BCUT2D eigenvalue weighted by molar-refractivity contribution is 0.0718. The molecule has 0 unspecified atom stereocenters. The maximum atomic E-state index is 12.6. The van der Waals surface area contributed by atoms with Gasteiger partial charge in [-0.2, -0.15) is 0 Å². The Morgan fingerprint density at radius 2 is 1.78 bits per heavy atom. The number of nitrogens with zero attached hydrogens (tertiary/aromatic N) is 3. The van der Waals surface area contributed by atoms with E-state index in [1.54, 1.807) is 6.07 Å². The number of aromatic nitrogens is 2. The van der Waals surface area contributed by atoms with Gasteiger partial charge in [0.05, 0.1) is 0 Å². The highest BCUT2D eigenvalue weighted by atomic mass is 16.3. The predicted molar refractivity (Wildman–Crippen MR) is 87.0 cm³/mol. The van der Waals surface area contributed by atoms with Crippen LogP contribution in [-0.2, 0) is 0 Å². The Hall–Kier alpha value is -2.69. The molecule has 1 aliphatic heterocycles. The van der Waals surface area contributed by atoms with Crippen molar-refractivity contribution >= 4 is 17.0 Å². The molecule has 0 atom stereocenters. The van der Waals surface area contributed by atoms with Crippen LogP contribution in [0.3, 0.4) is 0 Å². The van der Waals surface area contributed by atoms with Gasteiger partial charge < -0.3 is 9.32 Å². The standard InChI is InChI=1S/C18H17N3O2/c22-18(21-11-4-1-5-12-21)15-9-6-8-14(19-15)17-20-13-7-2-3-10-16(13)23-17/h2-3,6-10H,1,4-5,11-12H2. The van der Waals surface area contributed by atoms with Crippen LogP contribution in [0, 0.1) is 0 Å². The second-order valence-corrected chi connectivity index (χ2v) is 5.75. The first-order valence-electron chi connectivity index (χ1n) is 7.93. The molecule has 1 aliphatic rings. The zero-order valence-electron chi connectivity index (χ0n) is 12.7. The Balaban J connectivity index is 1.66. The lowest BCUT2D eigenvalue weighted by Crippen LogP contribution is -2.36. The average molecular weight is 307 g/mol. The third-order valence-electron chi connectivity index (χ3n) is 4.12. The van der Waals surface area contributed by atoms with E-state index in [-0.39, 0.29) is 5.91 Å². The minimum absolute atomic E-state index is 0.0114. The molecule has 1 amide bonds. The molecule has 0 radical (unpaired) electrons. The molecule has 2 aromatic heterocycles. The molecule has 4 rings (SSSR count). The summed E-state index contributed by atoms with van der Waals surface area (Å²) >= 11 is 0. The first-order valence-corrected chi connectivity index (χ1v) is 7.93. The van der Waals surface area contributed by atoms with Gasteiger partial charge in [-0.15, -0.1) is 0 Å². The minimum atomic E-state index is -0.0114. The summed E-state index contributed by atoms with van der Waals surface area (Å²) in [4.78, 5) is 23.4. The number of hydrogen-bond donors (Lipinski definition) is 0. The summed E-state index contributed by atoms with van der Waals surface area (Å²) in [6.45, 7) is 1.63. The number of hydrogen-bond acceptors (Lipinski definition) is 4. The Bertz CT molecular complexity index is 817. The van der Waals surface area contributed by atoms with Crippen molar-refractivity contribution in [2.75, 3.05) is 13.1 Å². The lowest BCUT2D eigenvalue weighted by atomic mass is 10.1. The van der Waals surface area contributed by atoms with Crippen LogP contribution in [0.5, 0.6) is 0 Å². The number of benzene rings is 1. The average Bonchev–Trinajstić information content (AvgIpc) is 3.06. The second kappa shape index (κ2) is 5.83. The molecule has 5 nitrogen and oxygen atoms in total. The van der Waals surface area contributed by atoms with Crippen molar-refractivity contribution in [1.29, 1.82) is 0 Å². The van der Waals surface area contributed by atoms with E-state index in [0.717, 1.165) is 37.0 Å².